The van der Waals surface area contributed by atoms with E-state index in [0.717, 1.165) is 5.69 Å². The van der Waals surface area contributed by atoms with Crippen molar-refractivity contribution in [1.29, 1.82) is 0 Å². The lowest BCUT2D eigenvalue weighted by molar-refractivity contribution is 0.0600. The maximum absolute atomic E-state index is 12.5. The number of esters is 1. The van der Waals surface area contributed by atoms with Crippen LogP contribution in [0, 0.1) is 0 Å². The van der Waals surface area contributed by atoms with Crippen molar-refractivity contribution >= 4 is 29.2 Å². The molecule has 1 N–H and O–H groups in total. The molecule has 1 fully saturated rings. The molecule has 0 radical (unpaired) electrons. The lowest BCUT2D eigenvalue weighted by Gasteiger charge is -2.36. The largest absolute Gasteiger partial charge is 0.465 e. The van der Waals surface area contributed by atoms with Gasteiger partial charge < -0.3 is 19.9 Å². The second-order valence-corrected chi connectivity index (χ2v) is 6.58. The van der Waals surface area contributed by atoms with E-state index in [1.165, 1.54) is 7.11 Å². The average Bonchev–Trinajstić information content (AvgIpc) is 2.73. The molecule has 28 heavy (non-hydrogen) atoms. The van der Waals surface area contributed by atoms with Gasteiger partial charge in [0.2, 0.25) is 0 Å². The Morgan fingerprint density at radius 3 is 2.21 bits per heavy atom. The molecule has 7 nitrogen and oxygen atoms in total. The Labute approximate surface area is 163 Å². The van der Waals surface area contributed by atoms with Gasteiger partial charge in [-0.25, -0.2) is 9.59 Å². The number of ketones is 1. The van der Waals surface area contributed by atoms with E-state index in [1.807, 2.05) is 24.3 Å². The van der Waals surface area contributed by atoms with Crippen molar-refractivity contribution in [2.24, 2.45) is 0 Å². The predicted molar refractivity (Wildman–Crippen MR) is 107 cm³/mol. The Kier molecular flexibility index (Phi) is 5.93. The van der Waals surface area contributed by atoms with Crippen LogP contribution in [0.3, 0.4) is 0 Å². The van der Waals surface area contributed by atoms with Gasteiger partial charge in [-0.3, -0.25) is 4.79 Å². The summed E-state index contributed by atoms with van der Waals surface area (Å²) in [5.41, 5.74) is 2.67. The minimum Gasteiger partial charge on any atom is -0.465 e. The van der Waals surface area contributed by atoms with Crippen LogP contribution in [0.15, 0.2) is 48.5 Å². The first kappa shape index (κ1) is 19.4. The molecule has 1 heterocycles. The number of carbonyl (C=O) groups is 3. The van der Waals surface area contributed by atoms with Crippen LogP contribution in [-0.2, 0) is 4.74 Å². The first-order valence-electron chi connectivity index (χ1n) is 9.08. The van der Waals surface area contributed by atoms with Crippen LogP contribution in [0.4, 0.5) is 16.2 Å². The maximum atomic E-state index is 12.5. The van der Waals surface area contributed by atoms with Crippen molar-refractivity contribution in [2.45, 2.75) is 6.92 Å². The number of anilines is 2. The van der Waals surface area contributed by atoms with Crippen LogP contribution in [-0.4, -0.2) is 56.0 Å². The number of urea groups is 1. The van der Waals surface area contributed by atoms with E-state index in [-0.39, 0.29) is 11.8 Å². The minimum atomic E-state index is -0.444. The zero-order valence-corrected chi connectivity index (χ0v) is 16.0. The molecule has 146 valence electrons. The fourth-order valence-electron chi connectivity index (χ4n) is 3.12. The van der Waals surface area contributed by atoms with Crippen molar-refractivity contribution in [3.8, 4) is 0 Å². The quantitative estimate of drug-likeness (QED) is 0.651. The highest BCUT2D eigenvalue weighted by molar-refractivity contribution is 5.95. The third-order valence-electron chi connectivity index (χ3n) is 4.74. The molecule has 0 bridgehead atoms. The van der Waals surface area contributed by atoms with Gasteiger partial charge in [0.1, 0.15) is 0 Å². The summed E-state index contributed by atoms with van der Waals surface area (Å²) in [6, 6.07) is 14.0. The van der Waals surface area contributed by atoms with Gasteiger partial charge in [0.25, 0.3) is 0 Å². The highest BCUT2D eigenvalue weighted by atomic mass is 16.5. The number of benzene rings is 2. The van der Waals surface area contributed by atoms with Crippen LogP contribution in [0.5, 0.6) is 0 Å². The maximum Gasteiger partial charge on any atom is 0.337 e. The summed E-state index contributed by atoms with van der Waals surface area (Å²) in [7, 11) is 1.32. The monoisotopic (exact) mass is 381 g/mol. The Balaban J connectivity index is 1.56. The summed E-state index contributed by atoms with van der Waals surface area (Å²) < 4.78 is 4.70. The zero-order chi connectivity index (χ0) is 20.1. The topological polar surface area (TPSA) is 79.0 Å². The van der Waals surface area contributed by atoms with Crippen molar-refractivity contribution in [3.63, 3.8) is 0 Å². The number of rotatable bonds is 4. The molecular formula is C21H23N3O4. The number of nitrogens with zero attached hydrogens (tertiary/aromatic N) is 2. The van der Waals surface area contributed by atoms with Crippen molar-refractivity contribution < 1.29 is 19.1 Å². The summed E-state index contributed by atoms with van der Waals surface area (Å²) in [5.74, 6) is -0.398. The van der Waals surface area contributed by atoms with Crippen LogP contribution in [0.1, 0.15) is 27.6 Å². The lowest BCUT2D eigenvalue weighted by Crippen LogP contribution is -2.50. The number of carbonyl (C=O) groups excluding carboxylic acids is 3. The molecule has 1 aliphatic rings. The SMILES string of the molecule is COC(=O)c1cccc(NC(=O)N2CCN(c3ccc(C(C)=O)cc3)CC2)c1. The van der Waals surface area contributed by atoms with Crippen molar-refractivity contribution in [2.75, 3.05) is 43.5 Å². The molecule has 0 unspecified atom stereocenters. The number of nitrogens with one attached hydrogen (secondary N) is 1. The first-order chi connectivity index (χ1) is 13.5. The van der Waals surface area contributed by atoms with E-state index in [0.29, 0.717) is 43.0 Å². The first-order valence-corrected chi connectivity index (χ1v) is 9.08. The lowest BCUT2D eigenvalue weighted by atomic mass is 10.1. The summed E-state index contributed by atoms with van der Waals surface area (Å²) in [6.45, 7) is 4.12. The third-order valence-corrected chi connectivity index (χ3v) is 4.74. The second-order valence-electron chi connectivity index (χ2n) is 6.58. The van der Waals surface area contributed by atoms with Gasteiger partial charge in [-0.05, 0) is 49.4 Å². The molecule has 2 aromatic carbocycles. The van der Waals surface area contributed by atoms with Crippen LogP contribution >= 0.6 is 0 Å². The Morgan fingerprint density at radius 2 is 1.61 bits per heavy atom. The molecule has 0 atom stereocenters. The predicted octanol–water partition coefficient (Wildman–Crippen LogP) is 3.03. The number of hydrogen-bond acceptors (Lipinski definition) is 5. The van der Waals surface area contributed by atoms with E-state index in [9.17, 15) is 14.4 Å². The fraction of sp³-hybridized carbons (Fsp3) is 0.286. The average molecular weight is 381 g/mol. The summed E-state index contributed by atoms with van der Waals surface area (Å²) in [5, 5.41) is 2.83. The number of piperazine rings is 1. The molecule has 3 rings (SSSR count). The van der Waals surface area contributed by atoms with Crippen LogP contribution in [0.25, 0.3) is 0 Å². The van der Waals surface area contributed by atoms with Crippen LogP contribution < -0.4 is 10.2 Å². The highest BCUT2D eigenvalue weighted by Gasteiger charge is 2.21. The number of Topliss-reactive ketones (excluding diaryl/α,β-unsaturated/α-hetero) is 1. The molecule has 0 aromatic heterocycles. The number of ether oxygens (including phenoxy) is 1. The molecule has 1 saturated heterocycles. The molecule has 0 spiro atoms. The van der Waals surface area contributed by atoms with E-state index in [4.69, 9.17) is 4.74 Å². The molecule has 2 aromatic rings. The highest BCUT2D eigenvalue weighted by Crippen LogP contribution is 2.18. The zero-order valence-electron chi connectivity index (χ0n) is 16.0. The van der Waals surface area contributed by atoms with Crippen molar-refractivity contribution in [1.82, 2.24) is 4.90 Å². The molecule has 7 heteroatoms. The summed E-state index contributed by atoms with van der Waals surface area (Å²) in [4.78, 5) is 39.4. The van der Waals surface area contributed by atoms with Gasteiger partial charge in [0, 0.05) is 43.1 Å². The third kappa shape index (κ3) is 4.49. The van der Waals surface area contributed by atoms with Crippen LogP contribution in [0.2, 0.25) is 0 Å². The molecule has 0 saturated carbocycles. The fourth-order valence-corrected chi connectivity index (χ4v) is 3.12. The Morgan fingerprint density at radius 1 is 0.929 bits per heavy atom. The number of amides is 2. The molecule has 2 amide bonds. The molecule has 0 aliphatic carbocycles. The standard InChI is InChI=1S/C21H23N3O4/c1-15(25)16-6-8-19(9-7-16)23-10-12-24(13-11-23)21(27)22-18-5-3-4-17(14-18)20(26)28-2/h3-9,14H,10-13H2,1-2H3,(H,22,27). The second kappa shape index (κ2) is 8.56. The number of methoxy groups -OCH3 is 1. The van der Waals surface area contributed by atoms with Gasteiger partial charge in [-0.1, -0.05) is 6.07 Å². The number of hydrogen-bond donors (Lipinski definition) is 1. The molecule has 1 aliphatic heterocycles. The smallest absolute Gasteiger partial charge is 0.337 e. The van der Waals surface area contributed by atoms with Gasteiger partial charge in [-0.2, -0.15) is 0 Å². The van der Waals surface area contributed by atoms with Gasteiger partial charge in [0.05, 0.1) is 12.7 Å². The normalized spacial score (nSPS) is 13.8. The van der Waals surface area contributed by atoms with E-state index >= 15 is 0 Å². The van der Waals surface area contributed by atoms with E-state index in [2.05, 4.69) is 10.2 Å². The molecular weight excluding hydrogens is 358 g/mol. The van der Waals surface area contributed by atoms with Gasteiger partial charge in [0.15, 0.2) is 5.78 Å². The van der Waals surface area contributed by atoms with Gasteiger partial charge >= 0.3 is 12.0 Å². The summed E-state index contributed by atoms with van der Waals surface area (Å²) >= 11 is 0. The van der Waals surface area contributed by atoms with E-state index in [1.54, 1.807) is 36.1 Å². The summed E-state index contributed by atoms with van der Waals surface area (Å²) in [6.07, 6.45) is 0. The Bertz CT molecular complexity index is 871. The minimum absolute atomic E-state index is 0.0457. The van der Waals surface area contributed by atoms with E-state index < -0.39 is 5.97 Å². The van der Waals surface area contributed by atoms with Gasteiger partial charge in [-0.15, -0.1) is 0 Å². The van der Waals surface area contributed by atoms with Crippen molar-refractivity contribution in [3.05, 3.63) is 59.7 Å². The Hall–Kier alpha value is -3.35.